The lowest BCUT2D eigenvalue weighted by molar-refractivity contribution is 1.32. The van der Waals surface area contributed by atoms with Crippen molar-refractivity contribution < 1.29 is 0 Å². The van der Waals surface area contributed by atoms with Crippen molar-refractivity contribution in [1.82, 2.24) is 0 Å². The van der Waals surface area contributed by atoms with Crippen LogP contribution >= 0.6 is 28.1 Å². The molecule has 3 aromatic rings. The summed E-state index contributed by atoms with van der Waals surface area (Å²) in [7, 11) is 0. The van der Waals surface area contributed by atoms with Crippen molar-refractivity contribution >= 4 is 44.6 Å². The van der Waals surface area contributed by atoms with Crippen LogP contribution in [0.2, 0.25) is 0 Å². The summed E-state index contributed by atoms with van der Waals surface area (Å²) < 4.78 is 0.978. The number of anilines is 2. The van der Waals surface area contributed by atoms with Gasteiger partial charge in [-0.3, -0.25) is 0 Å². The van der Waals surface area contributed by atoms with Crippen LogP contribution in [0, 0.1) is 20.8 Å². The van der Waals surface area contributed by atoms with Gasteiger partial charge in [-0.05, 0) is 83.8 Å². The number of nitrogens with one attached hydrogen (secondary N) is 2. The summed E-state index contributed by atoms with van der Waals surface area (Å²) in [6.07, 6.45) is 0. The number of para-hydroxylation sites is 2. The van der Waals surface area contributed by atoms with E-state index in [1.807, 2.05) is 36.4 Å². The first-order valence-corrected chi connectivity index (χ1v) is 9.65. The maximum Gasteiger partial charge on any atom is 0.175 e. The Kier molecular flexibility index (Phi) is 5.74. The van der Waals surface area contributed by atoms with Crippen LogP contribution < -0.4 is 10.6 Å². The molecule has 0 bridgehead atoms. The van der Waals surface area contributed by atoms with E-state index < -0.39 is 0 Å². The van der Waals surface area contributed by atoms with Gasteiger partial charge in [0.15, 0.2) is 5.11 Å². The monoisotopic (exact) mass is 424 g/mol. The zero-order valence-corrected chi connectivity index (χ0v) is 17.5. The predicted molar refractivity (Wildman–Crippen MR) is 120 cm³/mol. The van der Waals surface area contributed by atoms with Crippen LogP contribution in [0.4, 0.5) is 11.4 Å². The highest BCUT2D eigenvalue weighted by molar-refractivity contribution is 9.10. The van der Waals surface area contributed by atoms with Gasteiger partial charge in [0.1, 0.15) is 0 Å². The first-order chi connectivity index (χ1) is 12.5. The molecule has 4 heteroatoms. The average Bonchev–Trinajstić information content (AvgIpc) is 2.57. The van der Waals surface area contributed by atoms with Gasteiger partial charge in [-0.2, -0.15) is 0 Å². The topological polar surface area (TPSA) is 24.1 Å². The summed E-state index contributed by atoms with van der Waals surface area (Å²) in [5.74, 6) is 0. The zero-order chi connectivity index (χ0) is 18.7. The highest BCUT2D eigenvalue weighted by atomic mass is 79.9. The molecule has 3 aromatic carbocycles. The smallest absolute Gasteiger partial charge is 0.175 e. The van der Waals surface area contributed by atoms with E-state index in [0.29, 0.717) is 5.11 Å². The van der Waals surface area contributed by atoms with Crippen molar-refractivity contribution in [3.8, 4) is 11.1 Å². The van der Waals surface area contributed by atoms with Gasteiger partial charge in [-0.25, -0.2) is 0 Å². The van der Waals surface area contributed by atoms with Crippen LogP contribution in [0.1, 0.15) is 16.7 Å². The number of benzene rings is 3. The molecule has 132 valence electrons. The van der Waals surface area contributed by atoms with Crippen LogP contribution in [0.5, 0.6) is 0 Å². The molecule has 0 spiro atoms. The molecular weight excluding hydrogens is 404 g/mol. The van der Waals surface area contributed by atoms with E-state index in [9.17, 15) is 0 Å². The molecule has 0 aliphatic carbocycles. The minimum absolute atomic E-state index is 0.562. The number of rotatable bonds is 3. The summed E-state index contributed by atoms with van der Waals surface area (Å²) in [6.45, 7) is 6.43. The van der Waals surface area contributed by atoms with Crippen molar-refractivity contribution in [3.63, 3.8) is 0 Å². The third kappa shape index (κ3) is 4.14. The molecular formula is C22H21BrN2S. The SMILES string of the molecule is Cc1cc(C)c(-c2cccc(Br)c2NC(=S)Nc2ccccc2)c(C)c1. The molecule has 0 saturated carbocycles. The molecule has 26 heavy (non-hydrogen) atoms. The van der Waals surface area contributed by atoms with Crippen LogP contribution in [0.3, 0.4) is 0 Å². The average molecular weight is 425 g/mol. The number of hydrogen-bond acceptors (Lipinski definition) is 1. The van der Waals surface area contributed by atoms with Crippen molar-refractivity contribution in [2.75, 3.05) is 10.6 Å². The van der Waals surface area contributed by atoms with E-state index in [1.54, 1.807) is 0 Å². The van der Waals surface area contributed by atoms with E-state index in [1.165, 1.54) is 22.3 Å². The van der Waals surface area contributed by atoms with Gasteiger partial charge < -0.3 is 10.6 Å². The van der Waals surface area contributed by atoms with E-state index in [0.717, 1.165) is 21.4 Å². The summed E-state index contributed by atoms with van der Waals surface area (Å²) in [5, 5.41) is 7.16. The standard InChI is InChI=1S/C22H21BrN2S/c1-14-12-15(2)20(16(3)13-14)18-10-7-11-19(23)21(18)25-22(26)24-17-8-5-4-6-9-17/h4-13H,1-3H3,(H2,24,25,26). The van der Waals surface area contributed by atoms with Gasteiger partial charge >= 0.3 is 0 Å². The fraction of sp³-hybridized carbons (Fsp3) is 0.136. The molecule has 0 radical (unpaired) electrons. The molecule has 0 fully saturated rings. The van der Waals surface area contributed by atoms with Crippen molar-refractivity contribution in [3.05, 3.63) is 81.8 Å². The second kappa shape index (κ2) is 8.02. The van der Waals surface area contributed by atoms with Gasteiger partial charge in [0.25, 0.3) is 0 Å². The molecule has 2 N–H and O–H groups in total. The summed E-state index contributed by atoms with van der Waals surface area (Å²) in [6, 6.07) is 20.6. The molecule has 0 saturated heterocycles. The Morgan fingerprint density at radius 3 is 2.15 bits per heavy atom. The summed E-state index contributed by atoms with van der Waals surface area (Å²) in [4.78, 5) is 0. The molecule has 0 aromatic heterocycles. The largest absolute Gasteiger partial charge is 0.332 e. The van der Waals surface area contributed by atoms with E-state index in [4.69, 9.17) is 12.2 Å². The number of halogens is 1. The third-order valence-electron chi connectivity index (χ3n) is 4.23. The number of thiocarbonyl (C=S) groups is 1. The predicted octanol–water partition coefficient (Wildman–Crippen LogP) is 6.85. The van der Waals surface area contributed by atoms with Crippen molar-refractivity contribution in [2.45, 2.75) is 20.8 Å². The Labute approximate surface area is 168 Å². The highest BCUT2D eigenvalue weighted by Crippen LogP contribution is 2.38. The van der Waals surface area contributed by atoms with Gasteiger partial charge in [-0.15, -0.1) is 0 Å². The van der Waals surface area contributed by atoms with Crippen LogP contribution in [-0.4, -0.2) is 5.11 Å². The van der Waals surface area contributed by atoms with E-state index in [2.05, 4.69) is 71.6 Å². The number of aryl methyl sites for hydroxylation is 3. The lowest BCUT2D eigenvalue weighted by Crippen LogP contribution is -2.19. The first kappa shape index (κ1) is 18.6. The van der Waals surface area contributed by atoms with Gasteiger partial charge in [0, 0.05) is 15.7 Å². The number of hydrogen-bond donors (Lipinski definition) is 2. The van der Waals surface area contributed by atoms with Gasteiger partial charge in [0.05, 0.1) is 5.69 Å². The Morgan fingerprint density at radius 1 is 0.846 bits per heavy atom. The normalized spacial score (nSPS) is 10.5. The van der Waals surface area contributed by atoms with Crippen LogP contribution in [0.15, 0.2) is 65.1 Å². The van der Waals surface area contributed by atoms with Gasteiger partial charge in [-0.1, -0.05) is 48.0 Å². The first-order valence-electron chi connectivity index (χ1n) is 8.45. The third-order valence-corrected chi connectivity index (χ3v) is 5.10. The Balaban J connectivity index is 1.97. The minimum Gasteiger partial charge on any atom is -0.332 e. The summed E-state index contributed by atoms with van der Waals surface area (Å²) >= 11 is 9.20. The van der Waals surface area contributed by atoms with E-state index >= 15 is 0 Å². The van der Waals surface area contributed by atoms with E-state index in [-0.39, 0.29) is 0 Å². The molecule has 3 rings (SSSR count). The maximum absolute atomic E-state index is 5.53. The second-order valence-corrected chi connectivity index (χ2v) is 7.64. The molecule has 0 atom stereocenters. The minimum atomic E-state index is 0.562. The Hall–Kier alpha value is -2.17. The maximum atomic E-state index is 5.53. The molecule has 0 aliphatic rings. The van der Waals surface area contributed by atoms with Crippen molar-refractivity contribution in [1.29, 1.82) is 0 Å². The lowest BCUT2D eigenvalue weighted by atomic mass is 9.93. The Bertz CT molecular complexity index is 929. The lowest BCUT2D eigenvalue weighted by Gasteiger charge is -2.19. The Morgan fingerprint density at radius 2 is 1.50 bits per heavy atom. The molecule has 0 aliphatic heterocycles. The fourth-order valence-electron chi connectivity index (χ4n) is 3.26. The zero-order valence-electron chi connectivity index (χ0n) is 15.1. The molecule has 0 amide bonds. The van der Waals surface area contributed by atoms with Crippen LogP contribution in [0.25, 0.3) is 11.1 Å². The molecule has 0 unspecified atom stereocenters. The van der Waals surface area contributed by atoms with Crippen molar-refractivity contribution in [2.24, 2.45) is 0 Å². The van der Waals surface area contributed by atoms with Crippen LogP contribution in [-0.2, 0) is 0 Å². The molecule has 0 heterocycles. The molecule has 2 nitrogen and oxygen atoms in total. The fourth-order valence-corrected chi connectivity index (χ4v) is 3.95. The second-order valence-electron chi connectivity index (χ2n) is 6.38. The van der Waals surface area contributed by atoms with Gasteiger partial charge in [0.2, 0.25) is 0 Å². The highest BCUT2D eigenvalue weighted by Gasteiger charge is 2.14. The quantitative estimate of drug-likeness (QED) is 0.449. The summed E-state index contributed by atoms with van der Waals surface area (Å²) in [5.41, 5.74) is 8.08.